The van der Waals surface area contributed by atoms with Crippen LogP contribution in [0.2, 0.25) is 0 Å². The number of rotatable bonds is 6. The van der Waals surface area contributed by atoms with Crippen molar-refractivity contribution in [2.24, 2.45) is 0 Å². The van der Waals surface area contributed by atoms with E-state index in [4.69, 9.17) is 0 Å². The van der Waals surface area contributed by atoms with Crippen LogP contribution in [0.3, 0.4) is 0 Å². The smallest absolute Gasteiger partial charge is 0.251 e. The maximum atomic E-state index is 13.2. The molecular formula is C13H16BrFN2O2. The Hall–Kier alpha value is -1.43. The number of benzene rings is 1. The Morgan fingerprint density at radius 1 is 1.26 bits per heavy atom. The van der Waals surface area contributed by atoms with Crippen molar-refractivity contribution >= 4 is 27.7 Å². The van der Waals surface area contributed by atoms with E-state index in [1.165, 1.54) is 12.1 Å². The maximum absolute atomic E-state index is 13.2. The van der Waals surface area contributed by atoms with Gasteiger partial charge in [-0.1, -0.05) is 6.92 Å². The summed E-state index contributed by atoms with van der Waals surface area (Å²) in [6.45, 7) is 2.82. The number of hydrogen-bond donors (Lipinski definition) is 2. The highest BCUT2D eigenvalue weighted by atomic mass is 79.9. The standard InChI is InChI=1S/C13H16BrFN2O2/c1-2-6-16-12(18)5-7-17-13(19)9-3-4-10(14)11(15)8-9/h3-4,8H,2,5-7H2,1H3,(H,16,18)(H,17,19). The molecule has 1 aromatic carbocycles. The van der Waals surface area contributed by atoms with E-state index in [0.717, 1.165) is 12.5 Å². The minimum atomic E-state index is -0.492. The molecule has 0 saturated carbocycles. The first-order valence-corrected chi connectivity index (χ1v) is 6.84. The van der Waals surface area contributed by atoms with E-state index >= 15 is 0 Å². The number of carbonyl (C=O) groups excluding carboxylic acids is 2. The van der Waals surface area contributed by atoms with E-state index in [2.05, 4.69) is 26.6 Å². The van der Waals surface area contributed by atoms with Gasteiger partial charge in [-0.05, 0) is 40.5 Å². The first kappa shape index (κ1) is 15.6. The number of hydrogen-bond acceptors (Lipinski definition) is 2. The molecule has 0 radical (unpaired) electrons. The molecule has 0 saturated heterocycles. The van der Waals surface area contributed by atoms with Gasteiger partial charge in [-0.3, -0.25) is 9.59 Å². The van der Waals surface area contributed by atoms with Gasteiger partial charge in [-0.2, -0.15) is 0 Å². The van der Waals surface area contributed by atoms with Crippen LogP contribution in [0.15, 0.2) is 22.7 Å². The molecule has 0 aliphatic rings. The van der Waals surface area contributed by atoms with Crippen molar-refractivity contribution in [1.29, 1.82) is 0 Å². The zero-order valence-electron chi connectivity index (χ0n) is 10.6. The lowest BCUT2D eigenvalue weighted by molar-refractivity contribution is -0.120. The van der Waals surface area contributed by atoms with E-state index in [0.29, 0.717) is 11.0 Å². The summed E-state index contributed by atoms with van der Waals surface area (Å²) < 4.78 is 13.5. The molecular weight excluding hydrogens is 315 g/mol. The van der Waals surface area contributed by atoms with Crippen molar-refractivity contribution < 1.29 is 14.0 Å². The lowest BCUT2D eigenvalue weighted by Crippen LogP contribution is -2.31. The molecule has 2 N–H and O–H groups in total. The highest BCUT2D eigenvalue weighted by Gasteiger charge is 2.09. The maximum Gasteiger partial charge on any atom is 0.251 e. The first-order valence-electron chi connectivity index (χ1n) is 6.04. The molecule has 6 heteroatoms. The molecule has 0 atom stereocenters. The summed E-state index contributed by atoms with van der Waals surface area (Å²) in [5.74, 6) is -0.993. The van der Waals surface area contributed by atoms with Gasteiger partial charge < -0.3 is 10.6 Å². The van der Waals surface area contributed by atoms with Crippen LogP contribution >= 0.6 is 15.9 Å². The van der Waals surface area contributed by atoms with Gasteiger partial charge in [-0.25, -0.2) is 4.39 Å². The molecule has 2 amide bonds. The molecule has 104 valence electrons. The van der Waals surface area contributed by atoms with Crippen molar-refractivity contribution in [2.45, 2.75) is 19.8 Å². The lowest BCUT2D eigenvalue weighted by atomic mass is 10.2. The Bertz CT molecular complexity index is 466. The SMILES string of the molecule is CCCNC(=O)CCNC(=O)c1ccc(Br)c(F)c1. The highest BCUT2D eigenvalue weighted by Crippen LogP contribution is 2.16. The van der Waals surface area contributed by atoms with Gasteiger partial charge in [-0.15, -0.1) is 0 Å². The van der Waals surface area contributed by atoms with Gasteiger partial charge >= 0.3 is 0 Å². The Morgan fingerprint density at radius 2 is 2.00 bits per heavy atom. The molecule has 0 fully saturated rings. The van der Waals surface area contributed by atoms with E-state index in [1.54, 1.807) is 0 Å². The third kappa shape index (κ3) is 5.38. The Morgan fingerprint density at radius 3 is 2.63 bits per heavy atom. The van der Waals surface area contributed by atoms with Crippen LogP contribution in [0.5, 0.6) is 0 Å². The zero-order chi connectivity index (χ0) is 14.3. The number of halogens is 2. The monoisotopic (exact) mass is 330 g/mol. The summed E-state index contributed by atoms with van der Waals surface area (Å²) in [4.78, 5) is 23.0. The molecule has 0 bridgehead atoms. The molecule has 0 heterocycles. The van der Waals surface area contributed by atoms with Crippen LogP contribution in [-0.4, -0.2) is 24.9 Å². The van der Waals surface area contributed by atoms with Gasteiger partial charge in [0.25, 0.3) is 5.91 Å². The molecule has 0 spiro atoms. The summed E-state index contributed by atoms with van der Waals surface area (Å²) in [7, 11) is 0. The molecule has 0 aliphatic carbocycles. The summed E-state index contributed by atoms with van der Waals surface area (Å²) in [6.07, 6.45) is 1.08. The van der Waals surface area contributed by atoms with Crippen LogP contribution in [0.4, 0.5) is 4.39 Å². The summed E-state index contributed by atoms with van der Waals surface area (Å²) >= 11 is 3.01. The van der Waals surface area contributed by atoms with Crippen LogP contribution in [0.1, 0.15) is 30.1 Å². The minimum Gasteiger partial charge on any atom is -0.356 e. The van der Waals surface area contributed by atoms with E-state index < -0.39 is 11.7 Å². The second kappa shape index (κ2) is 7.89. The molecule has 19 heavy (non-hydrogen) atoms. The van der Waals surface area contributed by atoms with Crippen molar-refractivity contribution in [2.75, 3.05) is 13.1 Å². The summed E-state index contributed by atoms with van der Waals surface area (Å²) in [6, 6.07) is 4.13. The molecule has 0 aliphatic heterocycles. The second-order valence-electron chi connectivity index (χ2n) is 3.98. The highest BCUT2D eigenvalue weighted by molar-refractivity contribution is 9.10. The number of carbonyl (C=O) groups is 2. The van der Waals surface area contributed by atoms with Gasteiger partial charge in [0.05, 0.1) is 4.47 Å². The van der Waals surface area contributed by atoms with E-state index in [9.17, 15) is 14.0 Å². The van der Waals surface area contributed by atoms with Crippen molar-refractivity contribution in [3.8, 4) is 0 Å². The molecule has 4 nitrogen and oxygen atoms in total. The summed E-state index contributed by atoms with van der Waals surface area (Å²) in [5, 5.41) is 5.28. The fraction of sp³-hybridized carbons (Fsp3) is 0.385. The minimum absolute atomic E-state index is 0.107. The average molecular weight is 331 g/mol. The van der Waals surface area contributed by atoms with Crippen molar-refractivity contribution in [3.63, 3.8) is 0 Å². The van der Waals surface area contributed by atoms with Gasteiger partial charge in [0.1, 0.15) is 5.82 Å². The van der Waals surface area contributed by atoms with Crippen LogP contribution in [0, 0.1) is 5.82 Å². The number of nitrogens with one attached hydrogen (secondary N) is 2. The largest absolute Gasteiger partial charge is 0.356 e. The Kier molecular flexibility index (Phi) is 6.49. The predicted octanol–water partition coefficient (Wildman–Crippen LogP) is 2.23. The van der Waals surface area contributed by atoms with Crippen LogP contribution < -0.4 is 10.6 Å². The lowest BCUT2D eigenvalue weighted by Gasteiger charge is -2.06. The van der Waals surface area contributed by atoms with Crippen LogP contribution in [-0.2, 0) is 4.79 Å². The van der Waals surface area contributed by atoms with Crippen molar-refractivity contribution in [3.05, 3.63) is 34.1 Å². The van der Waals surface area contributed by atoms with E-state index in [1.807, 2.05) is 6.92 Å². The molecule has 0 aromatic heterocycles. The van der Waals surface area contributed by atoms with E-state index in [-0.39, 0.29) is 24.4 Å². The zero-order valence-corrected chi connectivity index (χ0v) is 12.2. The fourth-order valence-electron chi connectivity index (χ4n) is 1.38. The quantitative estimate of drug-likeness (QED) is 0.840. The Labute approximate surface area is 119 Å². The van der Waals surface area contributed by atoms with Crippen molar-refractivity contribution in [1.82, 2.24) is 10.6 Å². The second-order valence-corrected chi connectivity index (χ2v) is 4.84. The number of amides is 2. The topological polar surface area (TPSA) is 58.2 Å². The third-order valence-electron chi connectivity index (χ3n) is 2.39. The first-order chi connectivity index (χ1) is 9.04. The van der Waals surface area contributed by atoms with Crippen LogP contribution in [0.25, 0.3) is 0 Å². The Balaban J connectivity index is 2.39. The fourth-order valence-corrected chi connectivity index (χ4v) is 1.63. The van der Waals surface area contributed by atoms with Gasteiger partial charge in [0.15, 0.2) is 0 Å². The molecule has 0 unspecified atom stereocenters. The summed E-state index contributed by atoms with van der Waals surface area (Å²) in [5.41, 5.74) is 0.231. The predicted molar refractivity (Wildman–Crippen MR) is 74.4 cm³/mol. The normalized spacial score (nSPS) is 10.1. The molecule has 1 aromatic rings. The average Bonchev–Trinajstić information content (AvgIpc) is 2.39. The van der Waals surface area contributed by atoms with Gasteiger partial charge in [0, 0.05) is 25.1 Å². The molecule has 1 rings (SSSR count). The van der Waals surface area contributed by atoms with Gasteiger partial charge in [0.2, 0.25) is 5.91 Å². The third-order valence-corrected chi connectivity index (χ3v) is 3.03.